The van der Waals surface area contributed by atoms with Crippen LogP contribution >= 0.6 is 0 Å². The highest BCUT2D eigenvalue weighted by atomic mass is 16.2. The monoisotopic (exact) mass is 535 g/mol. The molecule has 1 aliphatic carbocycles. The predicted molar refractivity (Wildman–Crippen MR) is 151 cm³/mol. The highest BCUT2D eigenvalue weighted by Gasteiger charge is 2.32. The van der Waals surface area contributed by atoms with Gasteiger partial charge in [-0.05, 0) is 50.1 Å². The lowest BCUT2D eigenvalue weighted by atomic mass is 9.92. The van der Waals surface area contributed by atoms with E-state index in [4.69, 9.17) is 0 Å². The van der Waals surface area contributed by atoms with Crippen LogP contribution in [0.3, 0.4) is 0 Å². The van der Waals surface area contributed by atoms with Gasteiger partial charge in [-0.3, -0.25) is 19.1 Å². The molecule has 2 aliphatic heterocycles. The Bertz CT molecular complexity index is 1230. The highest BCUT2D eigenvalue weighted by Crippen LogP contribution is 2.34. The SMILES string of the molecule is Cn1nc(C(C)(C)C)cc1C(=O)N1CCN(c2ccc(C(=O)N3CCCNCC3)cc2NC(=O)C2CC2)CC1. The number of nitrogens with zero attached hydrogens (tertiary/aromatic N) is 5. The van der Waals surface area contributed by atoms with Crippen molar-refractivity contribution in [2.24, 2.45) is 13.0 Å². The van der Waals surface area contributed by atoms with Crippen LogP contribution < -0.4 is 15.5 Å². The normalized spacial score (nSPS) is 18.6. The maximum absolute atomic E-state index is 13.3. The van der Waals surface area contributed by atoms with Crippen LogP contribution in [0, 0.1) is 5.92 Å². The van der Waals surface area contributed by atoms with Crippen molar-refractivity contribution in [3.63, 3.8) is 0 Å². The van der Waals surface area contributed by atoms with Gasteiger partial charge in [-0.15, -0.1) is 0 Å². The van der Waals surface area contributed by atoms with Gasteiger partial charge in [0.25, 0.3) is 11.8 Å². The first-order valence-electron chi connectivity index (χ1n) is 14.2. The number of nitrogens with one attached hydrogen (secondary N) is 2. The van der Waals surface area contributed by atoms with E-state index in [1.165, 1.54) is 0 Å². The largest absolute Gasteiger partial charge is 0.366 e. The first-order chi connectivity index (χ1) is 18.6. The van der Waals surface area contributed by atoms with Crippen LogP contribution in [-0.4, -0.2) is 89.7 Å². The number of benzene rings is 1. The third kappa shape index (κ3) is 6.11. The molecule has 1 aromatic carbocycles. The second-order valence-corrected chi connectivity index (χ2v) is 12.0. The average Bonchev–Trinajstić information content (AvgIpc) is 3.73. The van der Waals surface area contributed by atoms with Gasteiger partial charge < -0.3 is 25.3 Å². The van der Waals surface area contributed by atoms with Crippen LogP contribution in [0.15, 0.2) is 24.3 Å². The molecule has 1 aromatic heterocycles. The zero-order valence-electron chi connectivity index (χ0n) is 23.6. The number of rotatable bonds is 5. The minimum Gasteiger partial charge on any atom is -0.366 e. The third-order valence-corrected chi connectivity index (χ3v) is 7.85. The average molecular weight is 536 g/mol. The molecule has 10 heteroatoms. The lowest BCUT2D eigenvalue weighted by Crippen LogP contribution is -2.49. The number of aryl methyl sites for hydroxylation is 1. The standard InChI is InChI=1S/C29H41N7O3/c1-29(2,3)25-19-24(33(4)32-25)28(39)36-16-14-34(15-17-36)23-9-8-21(18-22(23)31-26(37)20-6-7-20)27(38)35-12-5-10-30-11-13-35/h8-9,18-20,30H,5-7,10-17H2,1-4H3,(H,31,37). The van der Waals surface area contributed by atoms with E-state index in [1.807, 2.05) is 41.1 Å². The Morgan fingerprint density at radius 1 is 0.923 bits per heavy atom. The maximum Gasteiger partial charge on any atom is 0.272 e. The zero-order chi connectivity index (χ0) is 27.7. The minimum absolute atomic E-state index is 0.00612. The van der Waals surface area contributed by atoms with Gasteiger partial charge in [0.1, 0.15) is 5.69 Å². The minimum atomic E-state index is -0.131. The van der Waals surface area contributed by atoms with Gasteiger partial charge in [0.2, 0.25) is 5.91 Å². The molecule has 3 aliphatic rings. The number of hydrogen-bond acceptors (Lipinski definition) is 6. The lowest BCUT2D eigenvalue weighted by Gasteiger charge is -2.37. The number of amides is 3. The smallest absolute Gasteiger partial charge is 0.272 e. The Labute approximate surface area is 230 Å². The van der Waals surface area contributed by atoms with Gasteiger partial charge in [0.15, 0.2) is 0 Å². The Morgan fingerprint density at radius 2 is 1.64 bits per heavy atom. The van der Waals surface area contributed by atoms with Gasteiger partial charge in [0.05, 0.1) is 17.1 Å². The molecule has 10 nitrogen and oxygen atoms in total. The zero-order valence-corrected chi connectivity index (χ0v) is 23.6. The summed E-state index contributed by atoms with van der Waals surface area (Å²) in [5, 5.41) is 11.0. The molecule has 3 heterocycles. The molecule has 3 amide bonds. The molecule has 210 valence electrons. The first kappa shape index (κ1) is 27.2. The molecule has 0 unspecified atom stereocenters. The van der Waals surface area contributed by atoms with E-state index in [9.17, 15) is 14.4 Å². The van der Waals surface area contributed by atoms with Gasteiger partial charge in [-0.25, -0.2) is 0 Å². The molecule has 0 radical (unpaired) electrons. The van der Waals surface area contributed by atoms with Crippen molar-refractivity contribution in [1.29, 1.82) is 0 Å². The van der Waals surface area contributed by atoms with Crippen molar-refractivity contribution in [3.05, 3.63) is 41.2 Å². The number of hydrogen-bond donors (Lipinski definition) is 2. The summed E-state index contributed by atoms with van der Waals surface area (Å²) in [6, 6.07) is 7.54. The maximum atomic E-state index is 13.3. The molecule has 2 aromatic rings. The molecule has 2 N–H and O–H groups in total. The summed E-state index contributed by atoms with van der Waals surface area (Å²) >= 11 is 0. The molecular weight excluding hydrogens is 494 g/mol. The predicted octanol–water partition coefficient (Wildman–Crippen LogP) is 2.46. The van der Waals surface area contributed by atoms with Gasteiger partial charge in [0, 0.05) is 69.8 Å². The van der Waals surface area contributed by atoms with Crippen LogP contribution in [0.5, 0.6) is 0 Å². The Hall–Kier alpha value is -3.40. The summed E-state index contributed by atoms with van der Waals surface area (Å²) < 4.78 is 1.68. The van der Waals surface area contributed by atoms with Crippen LogP contribution in [0.25, 0.3) is 0 Å². The summed E-state index contributed by atoms with van der Waals surface area (Å²) in [5.74, 6) is 0.0448. The summed E-state index contributed by atoms with van der Waals surface area (Å²) in [6.07, 6.45) is 2.74. The lowest BCUT2D eigenvalue weighted by molar-refractivity contribution is -0.117. The molecule has 0 atom stereocenters. The van der Waals surface area contributed by atoms with E-state index < -0.39 is 0 Å². The fourth-order valence-corrected chi connectivity index (χ4v) is 5.20. The first-order valence-corrected chi connectivity index (χ1v) is 14.2. The molecule has 2 saturated heterocycles. The summed E-state index contributed by atoms with van der Waals surface area (Å²) in [5.41, 5.74) is 3.51. The van der Waals surface area contributed by atoms with Crippen LogP contribution in [-0.2, 0) is 17.3 Å². The molecule has 39 heavy (non-hydrogen) atoms. The molecule has 3 fully saturated rings. The van der Waals surface area contributed by atoms with Crippen molar-refractivity contribution < 1.29 is 14.4 Å². The second kappa shape index (κ2) is 11.0. The van der Waals surface area contributed by atoms with Crippen LogP contribution in [0.1, 0.15) is 66.6 Å². The van der Waals surface area contributed by atoms with Crippen molar-refractivity contribution in [2.75, 3.05) is 62.6 Å². The Kier molecular flexibility index (Phi) is 7.66. The Balaban J connectivity index is 1.31. The van der Waals surface area contributed by atoms with E-state index in [2.05, 4.69) is 41.4 Å². The van der Waals surface area contributed by atoms with Gasteiger partial charge in [-0.2, -0.15) is 5.10 Å². The number of piperazine rings is 1. The van der Waals surface area contributed by atoms with Crippen molar-refractivity contribution >= 4 is 29.1 Å². The summed E-state index contributed by atoms with van der Waals surface area (Å²) in [7, 11) is 1.82. The number of aromatic nitrogens is 2. The highest BCUT2D eigenvalue weighted by molar-refractivity contribution is 6.01. The quantitative estimate of drug-likeness (QED) is 0.610. The van der Waals surface area contributed by atoms with Crippen molar-refractivity contribution in [3.8, 4) is 0 Å². The molecular formula is C29H41N7O3. The third-order valence-electron chi connectivity index (χ3n) is 7.85. The molecule has 0 bridgehead atoms. The summed E-state index contributed by atoms with van der Waals surface area (Å²) in [4.78, 5) is 45.3. The Morgan fingerprint density at radius 3 is 2.31 bits per heavy atom. The number of anilines is 2. The van der Waals surface area contributed by atoms with E-state index in [0.717, 1.165) is 50.3 Å². The van der Waals surface area contributed by atoms with E-state index in [-0.39, 0.29) is 29.1 Å². The number of carbonyl (C=O) groups excluding carboxylic acids is 3. The van der Waals surface area contributed by atoms with Gasteiger partial charge >= 0.3 is 0 Å². The molecule has 5 rings (SSSR count). The molecule has 1 saturated carbocycles. The van der Waals surface area contributed by atoms with Crippen LogP contribution in [0.2, 0.25) is 0 Å². The van der Waals surface area contributed by atoms with E-state index in [0.29, 0.717) is 49.7 Å². The fraction of sp³-hybridized carbons (Fsp3) is 0.586. The number of carbonyl (C=O) groups is 3. The summed E-state index contributed by atoms with van der Waals surface area (Å²) in [6.45, 7) is 11.8. The van der Waals surface area contributed by atoms with Crippen LogP contribution in [0.4, 0.5) is 11.4 Å². The van der Waals surface area contributed by atoms with E-state index in [1.54, 1.807) is 4.68 Å². The fourth-order valence-electron chi connectivity index (χ4n) is 5.20. The molecule has 0 spiro atoms. The van der Waals surface area contributed by atoms with Crippen molar-refractivity contribution in [2.45, 2.75) is 45.4 Å². The second-order valence-electron chi connectivity index (χ2n) is 12.0. The van der Waals surface area contributed by atoms with Gasteiger partial charge in [-0.1, -0.05) is 20.8 Å². The topological polar surface area (TPSA) is 103 Å². The van der Waals surface area contributed by atoms with Crippen molar-refractivity contribution in [1.82, 2.24) is 24.9 Å². The van der Waals surface area contributed by atoms with E-state index >= 15 is 0 Å².